The van der Waals surface area contributed by atoms with E-state index in [1.165, 1.54) is 18.8 Å². The van der Waals surface area contributed by atoms with Crippen LogP contribution in [-0.4, -0.2) is 40.2 Å². The fraction of sp³-hybridized carbons (Fsp3) is 0.500. The molecule has 0 aliphatic heterocycles. The van der Waals surface area contributed by atoms with Crippen LogP contribution >= 0.6 is 0 Å². The van der Waals surface area contributed by atoms with Crippen molar-refractivity contribution in [1.29, 1.82) is 0 Å². The van der Waals surface area contributed by atoms with Gasteiger partial charge in [0.05, 0.1) is 13.7 Å². The predicted molar refractivity (Wildman–Crippen MR) is 47.8 cm³/mol. The Labute approximate surface area is 81.6 Å². The van der Waals surface area contributed by atoms with Gasteiger partial charge in [0, 0.05) is 25.9 Å². The summed E-state index contributed by atoms with van der Waals surface area (Å²) in [7, 11) is 4.49. The van der Waals surface area contributed by atoms with Crippen molar-refractivity contribution in [2.75, 3.05) is 14.2 Å². The van der Waals surface area contributed by atoms with Gasteiger partial charge in [-0.15, -0.1) is 0 Å². The number of aromatic nitrogens is 2. The number of esters is 1. The fourth-order valence-electron chi connectivity index (χ4n) is 1.17. The zero-order valence-corrected chi connectivity index (χ0v) is 8.39. The highest BCUT2D eigenvalue weighted by Gasteiger charge is 2.16. The molecule has 0 amide bonds. The monoisotopic (exact) mass is 199 g/mol. The van der Waals surface area contributed by atoms with Crippen molar-refractivity contribution in [1.82, 2.24) is 14.8 Å². The lowest BCUT2D eigenvalue weighted by atomic mass is 10.2. The molecule has 0 radical (unpaired) electrons. The van der Waals surface area contributed by atoms with Crippen molar-refractivity contribution >= 4 is 5.97 Å². The molecule has 0 aliphatic rings. The second-order valence-corrected chi connectivity index (χ2v) is 2.98. The van der Waals surface area contributed by atoms with Gasteiger partial charge in [0.25, 0.3) is 0 Å². The minimum atomic E-state index is -0.498. The summed E-state index contributed by atoms with van der Waals surface area (Å²) in [6.07, 6.45) is 1.67. The van der Waals surface area contributed by atoms with Crippen LogP contribution in [-0.2, 0) is 18.3 Å². The maximum Gasteiger partial charge on any atom is 0.358 e. The Hall–Kier alpha value is -1.40. The third kappa shape index (κ3) is 2.30. The highest BCUT2D eigenvalue weighted by molar-refractivity contribution is 5.88. The van der Waals surface area contributed by atoms with E-state index in [1.807, 2.05) is 0 Å². The molecule has 0 atom stereocenters. The molecule has 0 saturated carbocycles. The average molecular weight is 199 g/mol. The van der Waals surface area contributed by atoms with Crippen molar-refractivity contribution in [3.8, 4) is 0 Å². The summed E-state index contributed by atoms with van der Waals surface area (Å²) in [5, 5.41) is 14.0. The van der Waals surface area contributed by atoms with Crippen LogP contribution in [0.1, 0.15) is 16.1 Å². The van der Waals surface area contributed by atoms with Crippen LogP contribution in [0.4, 0.5) is 0 Å². The first kappa shape index (κ1) is 10.7. The van der Waals surface area contributed by atoms with Crippen molar-refractivity contribution in [2.45, 2.75) is 6.54 Å². The average Bonchev–Trinajstić information content (AvgIpc) is 2.44. The number of rotatable bonds is 3. The van der Waals surface area contributed by atoms with Gasteiger partial charge in [0.1, 0.15) is 0 Å². The summed E-state index contributed by atoms with van der Waals surface area (Å²) in [5.41, 5.74) is 0.861. The maximum absolute atomic E-state index is 11.2. The third-order valence-electron chi connectivity index (χ3n) is 1.68. The van der Waals surface area contributed by atoms with E-state index < -0.39 is 5.97 Å². The Morgan fingerprint density at radius 2 is 2.43 bits per heavy atom. The summed E-state index contributed by atoms with van der Waals surface area (Å²) in [6.45, 7) is 0.234. The van der Waals surface area contributed by atoms with E-state index in [-0.39, 0.29) is 12.2 Å². The molecular formula is C8H13N3O3. The molecule has 0 saturated heterocycles. The van der Waals surface area contributed by atoms with Crippen molar-refractivity contribution in [3.05, 3.63) is 17.5 Å². The number of nitrogens with zero attached hydrogens (tertiary/aromatic N) is 3. The van der Waals surface area contributed by atoms with E-state index >= 15 is 0 Å². The largest absolute Gasteiger partial charge is 0.464 e. The summed E-state index contributed by atoms with van der Waals surface area (Å²) in [4.78, 5) is 11.2. The lowest BCUT2D eigenvalue weighted by molar-refractivity contribution is -0.0733. The molecule has 78 valence electrons. The van der Waals surface area contributed by atoms with E-state index in [1.54, 1.807) is 13.2 Å². The van der Waals surface area contributed by atoms with Gasteiger partial charge in [-0.05, 0) is 0 Å². The molecule has 0 bridgehead atoms. The lowest BCUT2D eigenvalue weighted by Gasteiger charge is -2.06. The van der Waals surface area contributed by atoms with E-state index in [0.717, 1.165) is 5.06 Å². The minimum Gasteiger partial charge on any atom is -0.464 e. The van der Waals surface area contributed by atoms with Crippen LogP contribution in [0.2, 0.25) is 0 Å². The highest BCUT2D eigenvalue weighted by Crippen LogP contribution is 2.09. The quantitative estimate of drug-likeness (QED) is 0.549. The van der Waals surface area contributed by atoms with E-state index in [2.05, 4.69) is 9.84 Å². The Morgan fingerprint density at radius 1 is 1.79 bits per heavy atom. The van der Waals surface area contributed by atoms with Crippen molar-refractivity contribution in [2.24, 2.45) is 7.05 Å². The van der Waals surface area contributed by atoms with E-state index in [9.17, 15) is 4.79 Å². The lowest BCUT2D eigenvalue weighted by Crippen LogP contribution is -2.14. The zero-order chi connectivity index (χ0) is 10.7. The number of hydroxylamine groups is 2. The molecule has 6 heteroatoms. The number of hydrogen-bond acceptors (Lipinski definition) is 5. The molecule has 0 fully saturated rings. The van der Waals surface area contributed by atoms with Gasteiger partial charge in [-0.1, -0.05) is 0 Å². The number of hydrogen-bond donors (Lipinski definition) is 1. The molecule has 0 spiro atoms. The summed E-state index contributed by atoms with van der Waals surface area (Å²) >= 11 is 0. The van der Waals surface area contributed by atoms with Crippen LogP contribution < -0.4 is 0 Å². The Kier molecular flexibility index (Phi) is 3.21. The van der Waals surface area contributed by atoms with Gasteiger partial charge >= 0.3 is 5.97 Å². The summed E-state index contributed by atoms with van der Waals surface area (Å²) in [5.74, 6) is -0.498. The second kappa shape index (κ2) is 4.21. The first-order chi connectivity index (χ1) is 6.54. The number of aryl methyl sites for hydroxylation is 1. The Morgan fingerprint density at radius 3 is 2.93 bits per heavy atom. The molecule has 1 aromatic heterocycles. The minimum absolute atomic E-state index is 0.232. The molecule has 0 aromatic carbocycles. The molecule has 14 heavy (non-hydrogen) atoms. The van der Waals surface area contributed by atoms with Crippen molar-refractivity contribution in [3.63, 3.8) is 0 Å². The molecule has 0 unspecified atom stereocenters. The number of methoxy groups -OCH3 is 1. The maximum atomic E-state index is 11.2. The third-order valence-corrected chi connectivity index (χ3v) is 1.68. The zero-order valence-electron chi connectivity index (χ0n) is 8.39. The van der Waals surface area contributed by atoms with Crippen molar-refractivity contribution < 1.29 is 14.7 Å². The van der Waals surface area contributed by atoms with Crippen LogP contribution in [0.5, 0.6) is 0 Å². The molecule has 0 aliphatic carbocycles. The van der Waals surface area contributed by atoms with Gasteiger partial charge in [-0.3, -0.25) is 4.68 Å². The summed E-state index contributed by atoms with van der Waals surface area (Å²) in [6, 6.07) is 0. The molecule has 1 heterocycles. The van der Waals surface area contributed by atoms with Gasteiger partial charge in [-0.25, -0.2) is 4.79 Å². The van der Waals surface area contributed by atoms with Crippen LogP contribution in [0.3, 0.4) is 0 Å². The number of carbonyl (C=O) groups is 1. The fourth-order valence-corrected chi connectivity index (χ4v) is 1.17. The second-order valence-electron chi connectivity index (χ2n) is 2.98. The van der Waals surface area contributed by atoms with Crippen LogP contribution in [0.25, 0.3) is 0 Å². The number of carbonyl (C=O) groups excluding carboxylic acids is 1. The van der Waals surface area contributed by atoms with E-state index in [0.29, 0.717) is 5.56 Å². The first-order valence-electron chi connectivity index (χ1n) is 4.05. The topological polar surface area (TPSA) is 67.6 Å². The molecule has 6 nitrogen and oxygen atoms in total. The summed E-state index contributed by atoms with van der Waals surface area (Å²) < 4.78 is 6.06. The van der Waals surface area contributed by atoms with Gasteiger partial charge in [0.2, 0.25) is 0 Å². The molecular weight excluding hydrogens is 186 g/mol. The van der Waals surface area contributed by atoms with Gasteiger partial charge in [0.15, 0.2) is 5.69 Å². The molecule has 1 aromatic rings. The normalized spacial score (nSPS) is 10.6. The smallest absolute Gasteiger partial charge is 0.358 e. The van der Waals surface area contributed by atoms with Gasteiger partial charge in [-0.2, -0.15) is 10.2 Å². The predicted octanol–water partition coefficient (Wildman–Crippen LogP) is 0.0277. The van der Waals surface area contributed by atoms with Gasteiger partial charge < -0.3 is 9.94 Å². The van der Waals surface area contributed by atoms with E-state index in [4.69, 9.17) is 5.21 Å². The highest BCUT2D eigenvalue weighted by atomic mass is 16.5. The van der Waals surface area contributed by atoms with Crippen LogP contribution in [0.15, 0.2) is 6.20 Å². The Bertz CT molecular complexity index is 333. The molecule has 1 rings (SSSR count). The van der Waals surface area contributed by atoms with Crippen LogP contribution in [0, 0.1) is 0 Å². The first-order valence-corrected chi connectivity index (χ1v) is 4.05. The SMILES string of the molecule is COC(=O)c1nn(C)cc1CN(C)O. The number of ether oxygens (including phenoxy) is 1. The Balaban J connectivity index is 2.96. The molecule has 1 N–H and O–H groups in total. The standard InChI is InChI=1S/C8H13N3O3/c1-10-4-6(5-11(2)13)7(9-10)8(12)14-3/h4,13H,5H2,1-3H3.